The van der Waals surface area contributed by atoms with Crippen LogP contribution in [0.25, 0.3) is 0 Å². The van der Waals surface area contributed by atoms with E-state index in [9.17, 15) is 13.2 Å². The van der Waals surface area contributed by atoms with E-state index in [-0.39, 0.29) is 16.3 Å². The first-order chi connectivity index (χ1) is 14.8. The molecule has 3 rings (SSSR count). The van der Waals surface area contributed by atoms with Crippen molar-refractivity contribution in [3.05, 3.63) is 78.1 Å². The zero-order chi connectivity index (χ0) is 22.4. The van der Waals surface area contributed by atoms with E-state index < -0.39 is 15.9 Å². The van der Waals surface area contributed by atoms with Gasteiger partial charge in [-0.25, -0.2) is 8.42 Å². The highest BCUT2D eigenvalue weighted by Crippen LogP contribution is 2.33. The number of anilines is 1. The van der Waals surface area contributed by atoms with Crippen molar-refractivity contribution < 1.29 is 17.9 Å². The van der Waals surface area contributed by atoms with Gasteiger partial charge in [0.15, 0.2) is 5.75 Å². The van der Waals surface area contributed by atoms with Crippen molar-refractivity contribution in [2.75, 3.05) is 18.4 Å². The number of pyridine rings is 1. The lowest BCUT2D eigenvalue weighted by Gasteiger charge is -2.20. The number of hydrogen-bond donors (Lipinski definition) is 1. The SMILES string of the molecule is CCN(CC)S(=O)(=O)c1ccc(Oc2cccc(C)c2)c(NC(=O)c2ccccn2)c1. The molecule has 0 saturated carbocycles. The number of ether oxygens (including phenoxy) is 1. The molecule has 0 spiro atoms. The summed E-state index contributed by atoms with van der Waals surface area (Å²) in [5.41, 5.74) is 1.46. The molecular formula is C23H25N3O4S. The maximum absolute atomic E-state index is 13.0. The predicted molar refractivity (Wildman–Crippen MR) is 120 cm³/mol. The van der Waals surface area contributed by atoms with Crippen molar-refractivity contribution in [3.8, 4) is 11.5 Å². The fourth-order valence-corrected chi connectivity index (χ4v) is 4.54. The van der Waals surface area contributed by atoms with Crippen LogP contribution >= 0.6 is 0 Å². The van der Waals surface area contributed by atoms with Gasteiger partial charge in [-0.15, -0.1) is 0 Å². The van der Waals surface area contributed by atoms with Gasteiger partial charge >= 0.3 is 0 Å². The molecule has 8 heteroatoms. The maximum Gasteiger partial charge on any atom is 0.274 e. The van der Waals surface area contributed by atoms with E-state index in [0.29, 0.717) is 24.6 Å². The molecule has 162 valence electrons. The fraction of sp³-hybridized carbons (Fsp3) is 0.217. The topological polar surface area (TPSA) is 88.6 Å². The van der Waals surface area contributed by atoms with Crippen molar-refractivity contribution in [2.45, 2.75) is 25.7 Å². The summed E-state index contributed by atoms with van der Waals surface area (Å²) < 4.78 is 33.3. The van der Waals surface area contributed by atoms with E-state index in [0.717, 1.165) is 5.56 Å². The van der Waals surface area contributed by atoms with Crippen LogP contribution < -0.4 is 10.1 Å². The van der Waals surface area contributed by atoms with E-state index >= 15 is 0 Å². The average Bonchev–Trinajstić information content (AvgIpc) is 2.76. The summed E-state index contributed by atoms with van der Waals surface area (Å²) in [7, 11) is -3.71. The van der Waals surface area contributed by atoms with E-state index in [2.05, 4.69) is 10.3 Å². The second-order valence-electron chi connectivity index (χ2n) is 6.83. The number of carbonyl (C=O) groups excluding carboxylic acids is 1. The van der Waals surface area contributed by atoms with Gasteiger partial charge in [0, 0.05) is 19.3 Å². The number of rotatable bonds is 8. The number of carbonyl (C=O) groups is 1. The number of aryl methyl sites for hydroxylation is 1. The highest BCUT2D eigenvalue weighted by Gasteiger charge is 2.24. The summed E-state index contributed by atoms with van der Waals surface area (Å²) in [5.74, 6) is 0.438. The molecule has 0 unspecified atom stereocenters. The standard InChI is InChI=1S/C23H25N3O4S/c1-4-26(5-2)31(28,29)19-12-13-22(30-18-10-8-9-17(3)15-18)21(16-19)25-23(27)20-11-6-7-14-24-20/h6-16H,4-5H2,1-3H3,(H,25,27). The summed E-state index contributed by atoms with van der Waals surface area (Å²) in [5, 5.41) is 2.74. The third-order valence-corrected chi connectivity index (χ3v) is 6.70. The summed E-state index contributed by atoms with van der Waals surface area (Å²) >= 11 is 0. The Morgan fingerprint density at radius 2 is 1.81 bits per heavy atom. The second kappa shape index (κ2) is 9.72. The number of amides is 1. The smallest absolute Gasteiger partial charge is 0.274 e. The Kier molecular flexibility index (Phi) is 7.04. The van der Waals surface area contributed by atoms with Crippen molar-refractivity contribution in [1.29, 1.82) is 0 Å². The molecule has 1 amide bonds. The van der Waals surface area contributed by atoms with Gasteiger partial charge in [0.2, 0.25) is 10.0 Å². The Hall–Kier alpha value is -3.23. The molecule has 1 aromatic heterocycles. The molecule has 0 aliphatic carbocycles. The molecule has 1 heterocycles. The van der Waals surface area contributed by atoms with Crippen LogP contribution in [0.5, 0.6) is 11.5 Å². The number of sulfonamides is 1. The molecule has 0 atom stereocenters. The molecule has 0 saturated heterocycles. The van der Waals surface area contributed by atoms with Gasteiger partial charge in [-0.3, -0.25) is 9.78 Å². The predicted octanol–water partition coefficient (Wildman–Crippen LogP) is 4.47. The number of nitrogens with zero attached hydrogens (tertiary/aromatic N) is 2. The van der Waals surface area contributed by atoms with Crippen molar-refractivity contribution in [1.82, 2.24) is 9.29 Å². The molecule has 0 radical (unpaired) electrons. The summed E-state index contributed by atoms with van der Waals surface area (Å²) in [6.07, 6.45) is 1.51. The van der Waals surface area contributed by atoms with Crippen molar-refractivity contribution in [3.63, 3.8) is 0 Å². The first kappa shape index (κ1) is 22.5. The monoisotopic (exact) mass is 439 g/mol. The summed E-state index contributed by atoms with van der Waals surface area (Å²) in [4.78, 5) is 16.8. The highest BCUT2D eigenvalue weighted by atomic mass is 32.2. The number of aromatic nitrogens is 1. The van der Waals surface area contributed by atoms with Gasteiger partial charge in [-0.05, 0) is 55.0 Å². The lowest BCUT2D eigenvalue weighted by molar-refractivity contribution is 0.102. The largest absolute Gasteiger partial charge is 0.455 e. The lowest BCUT2D eigenvalue weighted by Crippen LogP contribution is -2.30. The Labute approximate surface area is 182 Å². The van der Waals surface area contributed by atoms with Crippen LogP contribution in [0.3, 0.4) is 0 Å². The normalized spacial score (nSPS) is 11.4. The van der Waals surface area contributed by atoms with Crippen LogP contribution in [0.4, 0.5) is 5.69 Å². The molecule has 3 aromatic rings. The van der Waals surface area contributed by atoms with E-state index in [1.165, 1.54) is 22.6 Å². The van der Waals surface area contributed by atoms with E-state index in [1.54, 1.807) is 44.2 Å². The van der Waals surface area contributed by atoms with Gasteiger partial charge in [0.25, 0.3) is 5.91 Å². The van der Waals surface area contributed by atoms with Crippen LogP contribution in [-0.4, -0.2) is 36.7 Å². The van der Waals surface area contributed by atoms with Gasteiger partial charge in [0.1, 0.15) is 11.4 Å². The van der Waals surface area contributed by atoms with Crippen LogP contribution in [0.15, 0.2) is 71.8 Å². The first-order valence-electron chi connectivity index (χ1n) is 9.96. The zero-order valence-electron chi connectivity index (χ0n) is 17.7. The van der Waals surface area contributed by atoms with Crippen LogP contribution in [0, 0.1) is 6.92 Å². The quantitative estimate of drug-likeness (QED) is 0.560. The third-order valence-electron chi connectivity index (χ3n) is 4.66. The number of nitrogens with one attached hydrogen (secondary N) is 1. The Morgan fingerprint density at radius 1 is 1.03 bits per heavy atom. The summed E-state index contributed by atoms with van der Waals surface area (Å²) in [6, 6.07) is 16.9. The Morgan fingerprint density at radius 3 is 2.45 bits per heavy atom. The minimum absolute atomic E-state index is 0.0733. The maximum atomic E-state index is 13.0. The first-order valence-corrected chi connectivity index (χ1v) is 11.4. The van der Waals surface area contributed by atoms with Gasteiger partial charge < -0.3 is 10.1 Å². The minimum atomic E-state index is -3.71. The van der Waals surface area contributed by atoms with Gasteiger partial charge in [0.05, 0.1) is 10.6 Å². The van der Waals surface area contributed by atoms with Crippen LogP contribution in [0.2, 0.25) is 0 Å². The molecule has 0 aliphatic heterocycles. The molecule has 0 fully saturated rings. The molecule has 2 aromatic carbocycles. The Balaban J connectivity index is 2.02. The van der Waals surface area contributed by atoms with Gasteiger partial charge in [-0.2, -0.15) is 4.31 Å². The Bertz CT molecular complexity index is 1160. The van der Waals surface area contributed by atoms with Crippen LogP contribution in [-0.2, 0) is 10.0 Å². The molecular weight excluding hydrogens is 414 g/mol. The van der Waals surface area contributed by atoms with Gasteiger partial charge in [-0.1, -0.05) is 32.0 Å². The zero-order valence-corrected chi connectivity index (χ0v) is 18.5. The second-order valence-corrected chi connectivity index (χ2v) is 8.77. The third kappa shape index (κ3) is 5.28. The molecule has 1 N–H and O–H groups in total. The lowest BCUT2D eigenvalue weighted by atomic mass is 10.2. The highest BCUT2D eigenvalue weighted by molar-refractivity contribution is 7.89. The minimum Gasteiger partial charge on any atom is -0.455 e. The van der Waals surface area contributed by atoms with E-state index in [1.807, 2.05) is 25.1 Å². The van der Waals surface area contributed by atoms with Crippen molar-refractivity contribution >= 4 is 21.6 Å². The van der Waals surface area contributed by atoms with E-state index in [4.69, 9.17) is 4.74 Å². The number of benzene rings is 2. The number of hydrogen-bond acceptors (Lipinski definition) is 5. The van der Waals surface area contributed by atoms with Crippen LogP contribution in [0.1, 0.15) is 29.9 Å². The molecule has 31 heavy (non-hydrogen) atoms. The molecule has 7 nitrogen and oxygen atoms in total. The molecule has 0 aliphatic rings. The fourth-order valence-electron chi connectivity index (χ4n) is 3.06. The average molecular weight is 440 g/mol. The van der Waals surface area contributed by atoms with Crippen molar-refractivity contribution in [2.24, 2.45) is 0 Å². The summed E-state index contributed by atoms with van der Waals surface area (Å²) in [6.45, 7) is 6.18. The molecule has 0 bridgehead atoms.